The number of nitrogens with zero attached hydrogens (tertiary/aromatic N) is 1. The molecule has 2 atom stereocenters. The van der Waals surface area contributed by atoms with Gasteiger partial charge in [0.1, 0.15) is 0 Å². The molecule has 0 amide bonds. The van der Waals surface area contributed by atoms with Crippen LogP contribution >= 0.6 is 0 Å². The van der Waals surface area contributed by atoms with E-state index in [1.165, 1.54) is 24.9 Å². The Morgan fingerprint density at radius 1 is 1.53 bits per heavy atom. The summed E-state index contributed by atoms with van der Waals surface area (Å²) in [5.74, 6) is 1.91. The molecule has 1 aliphatic carbocycles. The minimum Gasteiger partial charge on any atom is -0.354 e. The van der Waals surface area contributed by atoms with Crippen molar-refractivity contribution in [1.29, 1.82) is 0 Å². The van der Waals surface area contributed by atoms with Crippen LogP contribution < -0.4 is 5.32 Å². The molecule has 1 fully saturated rings. The summed E-state index contributed by atoms with van der Waals surface area (Å²) in [6.07, 6.45) is 7.07. The lowest BCUT2D eigenvalue weighted by Crippen LogP contribution is -2.16. The lowest BCUT2D eigenvalue weighted by Gasteiger charge is -2.01. The third-order valence-electron chi connectivity index (χ3n) is 3.31. The van der Waals surface area contributed by atoms with Crippen molar-refractivity contribution in [3.05, 3.63) is 24.0 Å². The van der Waals surface area contributed by atoms with Crippen molar-refractivity contribution in [2.24, 2.45) is 11.8 Å². The molecule has 2 heteroatoms. The summed E-state index contributed by atoms with van der Waals surface area (Å²) in [7, 11) is 0. The third kappa shape index (κ3) is 3.10. The second-order valence-corrected chi connectivity index (χ2v) is 4.86. The van der Waals surface area contributed by atoms with Crippen LogP contribution in [0.5, 0.6) is 0 Å². The molecular weight excluding hydrogens is 184 g/mol. The predicted octanol–water partition coefficient (Wildman–Crippen LogP) is 2.64. The van der Waals surface area contributed by atoms with Crippen molar-refractivity contribution < 1.29 is 0 Å². The zero-order valence-corrected chi connectivity index (χ0v) is 9.87. The molecule has 2 rings (SSSR count). The van der Waals surface area contributed by atoms with E-state index in [1.807, 2.05) is 0 Å². The fraction of sp³-hybridized carbons (Fsp3) is 0.692. The van der Waals surface area contributed by atoms with Gasteiger partial charge in [0.05, 0.1) is 0 Å². The fourth-order valence-corrected chi connectivity index (χ4v) is 2.08. The summed E-state index contributed by atoms with van der Waals surface area (Å²) in [4.78, 5) is 0. The maximum absolute atomic E-state index is 3.54. The first kappa shape index (κ1) is 10.7. The van der Waals surface area contributed by atoms with Gasteiger partial charge in [-0.25, -0.2) is 0 Å². The highest BCUT2D eigenvalue weighted by atomic mass is 14.9. The van der Waals surface area contributed by atoms with Crippen LogP contribution in [0.4, 0.5) is 0 Å². The average molecular weight is 206 g/mol. The van der Waals surface area contributed by atoms with E-state index in [-0.39, 0.29) is 0 Å². The molecule has 2 nitrogen and oxygen atoms in total. The van der Waals surface area contributed by atoms with Crippen LogP contribution in [0.15, 0.2) is 18.5 Å². The van der Waals surface area contributed by atoms with Crippen molar-refractivity contribution in [3.63, 3.8) is 0 Å². The molecule has 1 heterocycles. The van der Waals surface area contributed by atoms with Gasteiger partial charge in [-0.05, 0) is 42.9 Å². The van der Waals surface area contributed by atoms with Crippen LogP contribution in [-0.4, -0.2) is 11.1 Å². The van der Waals surface area contributed by atoms with Gasteiger partial charge >= 0.3 is 0 Å². The number of rotatable bonds is 6. The second kappa shape index (κ2) is 4.84. The fourth-order valence-electron chi connectivity index (χ4n) is 2.08. The van der Waals surface area contributed by atoms with Crippen LogP contribution in [0.1, 0.15) is 32.3 Å². The standard InChI is InChI=1S/C13H22N2/c1-3-5-15-6-4-12(10-15)8-14-9-13-7-11(13)2/h4,6,10-11,13-14H,3,5,7-9H2,1-2H3. The highest BCUT2D eigenvalue weighted by molar-refractivity contribution is 5.09. The molecule has 0 saturated heterocycles. The molecule has 1 aliphatic rings. The summed E-state index contributed by atoms with van der Waals surface area (Å²) >= 11 is 0. The highest BCUT2D eigenvalue weighted by Crippen LogP contribution is 2.36. The monoisotopic (exact) mass is 206 g/mol. The molecule has 0 spiro atoms. The van der Waals surface area contributed by atoms with Crippen molar-refractivity contribution >= 4 is 0 Å². The molecule has 1 N–H and O–H groups in total. The first-order chi connectivity index (χ1) is 7.29. The van der Waals surface area contributed by atoms with Crippen molar-refractivity contribution in [1.82, 2.24) is 9.88 Å². The number of aryl methyl sites for hydroxylation is 1. The summed E-state index contributed by atoms with van der Waals surface area (Å²) in [6.45, 7) is 7.91. The van der Waals surface area contributed by atoms with E-state index in [0.717, 1.165) is 24.9 Å². The van der Waals surface area contributed by atoms with Gasteiger partial charge in [-0.2, -0.15) is 0 Å². The molecule has 15 heavy (non-hydrogen) atoms. The molecule has 0 aliphatic heterocycles. The van der Waals surface area contributed by atoms with E-state index in [2.05, 4.69) is 42.2 Å². The lowest BCUT2D eigenvalue weighted by atomic mass is 10.3. The Labute approximate surface area is 92.7 Å². The van der Waals surface area contributed by atoms with Gasteiger partial charge in [0.15, 0.2) is 0 Å². The topological polar surface area (TPSA) is 17.0 Å². The quantitative estimate of drug-likeness (QED) is 0.757. The zero-order chi connectivity index (χ0) is 10.7. The van der Waals surface area contributed by atoms with Crippen LogP contribution in [0.3, 0.4) is 0 Å². The Morgan fingerprint density at radius 2 is 2.33 bits per heavy atom. The third-order valence-corrected chi connectivity index (χ3v) is 3.31. The van der Waals surface area contributed by atoms with E-state index in [0.29, 0.717) is 0 Å². The van der Waals surface area contributed by atoms with Crippen LogP contribution in [0.25, 0.3) is 0 Å². The Kier molecular flexibility index (Phi) is 3.47. The Hall–Kier alpha value is -0.760. The minimum absolute atomic E-state index is 0.947. The summed E-state index contributed by atoms with van der Waals surface area (Å²) in [5.41, 5.74) is 1.41. The lowest BCUT2D eigenvalue weighted by molar-refractivity contribution is 0.609. The largest absolute Gasteiger partial charge is 0.354 e. The van der Waals surface area contributed by atoms with Crippen LogP contribution in [0, 0.1) is 11.8 Å². The zero-order valence-electron chi connectivity index (χ0n) is 9.87. The van der Waals surface area contributed by atoms with Crippen molar-refractivity contribution in [2.75, 3.05) is 6.54 Å². The van der Waals surface area contributed by atoms with E-state index in [4.69, 9.17) is 0 Å². The van der Waals surface area contributed by atoms with Gasteiger partial charge in [-0.1, -0.05) is 13.8 Å². The number of hydrogen-bond donors (Lipinski definition) is 1. The highest BCUT2D eigenvalue weighted by Gasteiger charge is 2.31. The Balaban J connectivity index is 1.68. The van der Waals surface area contributed by atoms with Gasteiger partial charge < -0.3 is 9.88 Å². The molecule has 0 bridgehead atoms. The maximum atomic E-state index is 3.54. The van der Waals surface area contributed by atoms with Gasteiger partial charge in [0.2, 0.25) is 0 Å². The molecule has 1 aromatic rings. The van der Waals surface area contributed by atoms with Gasteiger partial charge in [-0.15, -0.1) is 0 Å². The van der Waals surface area contributed by atoms with Crippen molar-refractivity contribution in [2.45, 2.75) is 39.8 Å². The molecule has 1 saturated carbocycles. The Bertz CT molecular complexity index is 303. The minimum atomic E-state index is 0.947. The molecular formula is C13H22N2. The van der Waals surface area contributed by atoms with Gasteiger partial charge in [0.25, 0.3) is 0 Å². The summed E-state index contributed by atoms with van der Waals surface area (Å²) < 4.78 is 2.27. The number of aromatic nitrogens is 1. The predicted molar refractivity (Wildman–Crippen MR) is 63.7 cm³/mol. The normalized spacial score (nSPS) is 24.4. The van der Waals surface area contributed by atoms with Crippen LogP contribution in [-0.2, 0) is 13.1 Å². The molecule has 2 unspecified atom stereocenters. The average Bonchev–Trinajstić information content (AvgIpc) is 2.74. The van der Waals surface area contributed by atoms with E-state index < -0.39 is 0 Å². The molecule has 84 valence electrons. The number of nitrogens with one attached hydrogen (secondary N) is 1. The van der Waals surface area contributed by atoms with E-state index >= 15 is 0 Å². The van der Waals surface area contributed by atoms with E-state index in [1.54, 1.807) is 0 Å². The summed E-state index contributed by atoms with van der Waals surface area (Å²) in [5, 5.41) is 3.54. The smallest absolute Gasteiger partial charge is 0.0220 e. The first-order valence-corrected chi connectivity index (χ1v) is 6.15. The van der Waals surface area contributed by atoms with Gasteiger partial charge in [-0.3, -0.25) is 0 Å². The molecule has 0 radical (unpaired) electrons. The van der Waals surface area contributed by atoms with Crippen LogP contribution in [0.2, 0.25) is 0 Å². The summed E-state index contributed by atoms with van der Waals surface area (Å²) in [6, 6.07) is 2.22. The second-order valence-electron chi connectivity index (χ2n) is 4.86. The molecule has 0 aromatic carbocycles. The number of hydrogen-bond acceptors (Lipinski definition) is 1. The van der Waals surface area contributed by atoms with Crippen molar-refractivity contribution in [3.8, 4) is 0 Å². The Morgan fingerprint density at radius 3 is 3.00 bits per heavy atom. The SMILES string of the molecule is CCCn1ccc(CNCC2CC2C)c1. The maximum Gasteiger partial charge on any atom is 0.0220 e. The van der Waals surface area contributed by atoms with E-state index in [9.17, 15) is 0 Å². The first-order valence-electron chi connectivity index (χ1n) is 6.15. The molecule has 1 aromatic heterocycles. The van der Waals surface area contributed by atoms with Gasteiger partial charge in [0, 0.05) is 25.5 Å².